The van der Waals surface area contributed by atoms with E-state index in [0.29, 0.717) is 11.3 Å². The van der Waals surface area contributed by atoms with Crippen molar-refractivity contribution in [2.75, 3.05) is 0 Å². The summed E-state index contributed by atoms with van der Waals surface area (Å²) in [6, 6.07) is 8.79. The lowest BCUT2D eigenvalue weighted by Crippen LogP contribution is -2.25. The van der Waals surface area contributed by atoms with Gasteiger partial charge in [-0.1, -0.05) is 0 Å². The second-order valence-corrected chi connectivity index (χ2v) is 9.03. The first-order chi connectivity index (χ1) is 11.0. The number of sulfonamides is 1. The Kier molecular flexibility index (Phi) is 4.93. The molecule has 2 rings (SSSR count). The number of carbonyl (C=O) groups is 2. The minimum atomic E-state index is -3.82. The van der Waals surface area contributed by atoms with Gasteiger partial charge in [0.1, 0.15) is 9.96 Å². The number of ketones is 1. The Balaban J connectivity index is 2.17. The van der Waals surface area contributed by atoms with Crippen LogP contribution in [-0.4, -0.2) is 20.2 Å². The van der Waals surface area contributed by atoms with Crippen molar-refractivity contribution >= 4 is 33.1 Å². The molecule has 0 bridgehead atoms. The summed E-state index contributed by atoms with van der Waals surface area (Å²) in [6.07, 6.45) is 0. The van der Waals surface area contributed by atoms with Crippen molar-refractivity contribution < 1.29 is 22.7 Å². The molecule has 1 heterocycles. The van der Waals surface area contributed by atoms with Crippen LogP contribution in [0.2, 0.25) is 0 Å². The number of primary sulfonamides is 1. The molecule has 0 aliphatic rings. The number of hydrogen-bond acceptors (Lipinski definition) is 6. The van der Waals surface area contributed by atoms with Crippen molar-refractivity contribution in [2.24, 2.45) is 10.6 Å². The van der Waals surface area contributed by atoms with E-state index in [2.05, 4.69) is 0 Å². The Morgan fingerprint density at radius 3 is 2.08 bits per heavy atom. The molecule has 0 aliphatic carbocycles. The summed E-state index contributed by atoms with van der Waals surface area (Å²) in [5.41, 5.74) is -0.274. The number of hydrogen-bond donors (Lipinski definition) is 1. The molecule has 128 valence electrons. The van der Waals surface area contributed by atoms with E-state index in [1.165, 1.54) is 36.4 Å². The summed E-state index contributed by atoms with van der Waals surface area (Å²) in [5, 5.41) is 5.03. The molecular formula is C16H17NO5S2. The van der Waals surface area contributed by atoms with Crippen molar-refractivity contribution in [3.05, 3.63) is 46.8 Å². The molecule has 0 saturated carbocycles. The van der Waals surface area contributed by atoms with Gasteiger partial charge in [-0.25, -0.2) is 13.6 Å². The third-order valence-electron chi connectivity index (χ3n) is 3.02. The van der Waals surface area contributed by atoms with E-state index >= 15 is 0 Å². The molecule has 0 radical (unpaired) electrons. The van der Waals surface area contributed by atoms with E-state index in [-0.39, 0.29) is 20.8 Å². The number of rotatable bonds is 4. The van der Waals surface area contributed by atoms with Crippen LogP contribution in [0.25, 0.3) is 0 Å². The molecule has 8 heteroatoms. The number of carbonyl (C=O) groups excluding carboxylic acids is 2. The van der Waals surface area contributed by atoms with Gasteiger partial charge in [0, 0.05) is 5.56 Å². The van der Waals surface area contributed by atoms with Gasteiger partial charge in [-0.15, -0.1) is 11.3 Å². The van der Waals surface area contributed by atoms with Crippen LogP contribution >= 0.6 is 11.3 Å². The summed E-state index contributed by atoms with van der Waals surface area (Å²) < 4.78 is 27.7. The van der Waals surface area contributed by atoms with Gasteiger partial charge in [0.2, 0.25) is 15.8 Å². The molecule has 0 fully saturated rings. The Labute approximate surface area is 144 Å². The van der Waals surface area contributed by atoms with Crippen molar-refractivity contribution in [3.8, 4) is 5.75 Å². The van der Waals surface area contributed by atoms with E-state index in [1.54, 1.807) is 20.8 Å². The summed E-state index contributed by atoms with van der Waals surface area (Å²) in [5.74, 6) is -0.371. The summed E-state index contributed by atoms with van der Waals surface area (Å²) >= 11 is 0.813. The predicted octanol–water partition coefficient (Wildman–Crippen LogP) is 2.58. The van der Waals surface area contributed by atoms with Crippen LogP contribution in [0.4, 0.5) is 0 Å². The molecule has 0 amide bonds. The first-order valence-electron chi connectivity index (χ1n) is 6.98. The zero-order chi connectivity index (χ0) is 18.1. The van der Waals surface area contributed by atoms with E-state index in [9.17, 15) is 18.0 Å². The standard InChI is InChI=1S/C16H17NO5S2/c1-16(2,3)15(19)22-11-6-4-10(5-7-11)14(18)12-8-9-13(23-12)24(17,20)21/h4-9H,1-3H3,(H2,17,20,21). The monoisotopic (exact) mass is 367 g/mol. The van der Waals surface area contributed by atoms with E-state index < -0.39 is 15.4 Å². The molecule has 0 aliphatic heterocycles. The molecule has 0 unspecified atom stereocenters. The third-order valence-corrected chi connectivity index (χ3v) is 5.55. The molecule has 0 spiro atoms. The van der Waals surface area contributed by atoms with Gasteiger partial charge in [-0.3, -0.25) is 9.59 Å². The highest BCUT2D eigenvalue weighted by Crippen LogP contribution is 2.24. The van der Waals surface area contributed by atoms with Crippen LogP contribution in [0, 0.1) is 5.41 Å². The molecular weight excluding hydrogens is 350 g/mol. The first kappa shape index (κ1) is 18.3. The highest BCUT2D eigenvalue weighted by Gasteiger charge is 2.24. The molecule has 24 heavy (non-hydrogen) atoms. The normalized spacial score (nSPS) is 12.0. The number of esters is 1. The number of ether oxygens (including phenoxy) is 1. The number of thiophene rings is 1. The van der Waals surface area contributed by atoms with Crippen LogP contribution in [0.1, 0.15) is 36.0 Å². The van der Waals surface area contributed by atoms with Gasteiger partial charge in [-0.05, 0) is 57.2 Å². The second-order valence-electron chi connectivity index (χ2n) is 6.16. The maximum absolute atomic E-state index is 12.3. The van der Waals surface area contributed by atoms with Crippen LogP contribution in [0.15, 0.2) is 40.6 Å². The van der Waals surface area contributed by atoms with Gasteiger partial charge in [0.25, 0.3) is 0 Å². The molecule has 6 nitrogen and oxygen atoms in total. The molecule has 0 atom stereocenters. The predicted molar refractivity (Wildman–Crippen MR) is 90.7 cm³/mol. The Morgan fingerprint density at radius 2 is 1.62 bits per heavy atom. The summed E-state index contributed by atoms with van der Waals surface area (Å²) in [6.45, 7) is 5.23. The number of benzene rings is 1. The van der Waals surface area contributed by atoms with Crippen molar-refractivity contribution in [1.82, 2.24) is 0 Å². The van der Waals surface area contributed by atoms with Crippen molar-refractivity contribution in [3.63, 3.8) is 0 Å². The van der Waals surface area contributed by atoms with Crippen molar-refractivity contribution in [2.45, 2.75) is 25.0 Å². The van der Waals surface area contributed by atoms with Crippen molar-refractivity contribution in [1.29, 1.82) is 0 Å². The van der Waals surface area contributed by atoms with E-state index in [4.69, 9.17) is 9.88 Å². The number of nitrogens with two attached hydrogens (primary N) is 1. The van der Waals surface area contributed by atoms with Gasteiger partial charge in [0.15, 0.2) is 0 Å². The SMILES string of the molecule is CC(C)(C)C(=O)Oc1ccc(C(=O)c2ccc(S(N)(=O)=O)s2)cc1. The molecule has 2 aromatic rings. The Bertz CT molecular complexity index is 874. The lowest BCUT2D eigenvalue weighted by atomic mass is 9.97. The maximum atomic E-state index is 12.3. The lowest BCUT2D eigenvalue weighted by Gasteiger charge is -2.16. The molecule has 2 N–H and O–H groups in total. The average Bonchev–Trinajstić information content (AvgIpc) is 2.96. The quantitative estimate of drug-likeness (QED) is 0.508. The fourth-order valence-electron chi connectivity index (χ4n) is 1.67. The minimum absolute atomic E-state index is 0.0680. The fraction of sp³-hybridized carbons (Fsp3) is 0.250. The smallest absolute Gasteiger partial charge is 0.316 e. The maximum Gasteiger partial charge on any atom is 0.316 e. The van der Waals surface area contributed by atoms with Gasteiger partial charge in [-0.2, -0.15) is 0 Å². The van der Waals surface area contributed by atoms with Crippen LogP contribution in [-0.2, 0) is 14.8 Å². The molecule has 0 saturated heterocycles. The topological polar surface area (TPSA) is 104 Å². The highest BCUT2D eigenvalue weighted by atomic mass is 32.2. The van der Waals surface area contributed by atoms with Crippen LogP contribution in [0.5, 0.6) is 5.75 Å². The third kappa shape index (κ3) is 4.28. The average molecular weight is 367 g/mol. The zero-order valence-corrected chi connectivity index (χ0v) is 15.0. The Hall–Kier alpha value is -2.03. The van der Waals surface area contributed by atoms with Gasteiger partial charge < -0.3 is 4.74 Å². The minimum Gasteiger partial charge on any atom is -0.426 e. The van der Waals surface area contributed by atoms with Gasteiger partial charge in [0.05, 0.1) is 10.3 Å². The zero-order valence-electron chi connectivity index (χ0n) is 13.4. The Morgan fingerprint density at radius 1 is 1.04 bits per heavy atom. The van der Waals surface area contributed by atoms with Crippen LogP contribution in [0.3, 0.4) is 0 Å². The highest BCUT2D eigenvalue weighted by molar-refractivity contribution is 7.91. The van der Waals surface area contributed by atoms with E-state index in [1.807, 2.05) is 0 Å². The van der Waals surface area contributed by atoms with Gasteiger partial charge >= 0.3 is 5.97 Å². The van der Waals surface area contributed by atoms with Crippen LogP contribution < -0.4 is 9.88 Å². The summed E-state index contributed by atoms with van der Waals surface area (Å²) in [7, 11) is -3.82. The fourth-order valence-corrected chi connectivity index (χ4v) is 3.36. The lowest BCUT2D eigenvalue weighted by molar-refractivity contribution is -0.142. The summed E-state index contributed by atoms with van der Waals surface area (Å²) in [4.78, 5) is 24.4. The van der Waals surface area contributed by atoms with E-state index in [0.717, 1.165) is 11.3 Å². The molecule has 1 aromatic carbocycles. The second kappa shape index (κ2) is 6.46. The largest absolute Gasteiger partial charge is 0.426 e. The first-order valence-corrected chi connectivity index (χ1v) is 9.34. The molecule has 1 aromatic heterocycles.